The van der Waals surface area contributed by atoms with Crippen molar-refractivity contribution in [3.63, 3.8) is 0 Å². The molecule has 1 fully saturated rings. The summed E-state index contributed by atoms with van der Waals surface area (Å²) in [6.45, 7) is 0.630. The van der Waals surface area contributed by atoms with Crippen molar-refractivity contribution in [2.24, 2.45) is 0 Å². The summed E-state index contributed by atoms with van der Waals surface area (Å²) in [6.07, 6.45) is 2.36. The lowest BCUT2D eigenvalue weighted by Gasteiger charge is -2.40. The van der Waals surface area contributed by atoms with E-state index in [0.29, 0.717) is 34.5 Å². The molecule has 0 spiro atoms. The highest BCUT2D eigenvalue weighted by molar-refractivity contribution is 6.42. The quantitative estimate of drug-likeness (QED) is 0.704. The standard InChI is InChI=1S/C21H23Cl2NO4/c1-27-13-9-10-18(28-2)15(12-13)20(14-6-5-7-16(22)19(14)23)24-11-4-3-8-17(24)21(25)26/h5-7,9-10,12,17,20H,3-4,8,11H2,1-2H3,(H,25,26). The van der Waals surface area contributed by atoms with Gasteiger partial charge >= 0.3 is 5.97 Å². The third-order valence-electron chi connectivity index (χ3n) is 5.17. The predicted octanol–water partition coefficient (Wildman–Crippen LogP) is 5.04. The van der Waals surface area contributed by atoms with Crippen LogP contribution >= 0.6 is 23.2 Å². The summed E-state index contributed by atoms with van der Waals surface area (Å²) >= 11 is 12.9. The van der Waals surface area contributed by atoms with Gasteiger partial charge in [0.1, 0.15) is 17.5 Å². The largest absolute Gasteiger partial charge is 0.497 e. The molecular weight excluding hydrogens is 401 g/mol. The number of carbonyl (C=O) groups is 1. The van der Waals surface area contributed by atoms with E-state index in [2.05, 4.69) is 0 Å². The molecule has 0 saturated carbocycles. The Balaban J connectivity index is 2.23. The van der Waals surface area contributed by atoms with E-state index >= 15 is 0 Å². The summed E-state index contributed by atoms with van der Waals surface area (Å²) in [4.78, 5) is 14.0. The van der Waals surface area contributed by atoms with E-state index < -0.39 is 18.1 Å². The molecule has 7 heteroatoms. The first-order chi connectivity index (χ1) is 13.5. The summed E-state index contributed by atoms with van der Waals surface area (Å²) in [6, 6.07) is 9.87. The Morgan fingerprint density at radius 3 is 2.61 bits per heavy atom. The normalized spacial score (nSPS) is 18.5. The third-order valence-corrected chi connectivity index (χ3v) is 6.00. The Morgan fingerprint density at radius 1 is 1.14 bits per heavy atom. The predicted molar refractivity (Wildman–Crippen MR) is 110 cm³/mol. The second kappa shape index (κ2) is 9.03. The zero-order valence-electron chi connectivity index (χ0n) is 15.8. The molecule has 3 rings (SSSR count). The van der Waals surface area contributed by atoms with Crippen LogP contribution in [0.25, 0.3) is 0 Å². The molecule has 1 aliphatic rings. The van der Waals surface area contributed by atoms with E-state index in [4.69, 9.17) is 32.7 Å². The van der Waals surface area contributed by atoms with E-state index in [1.54, 1.807) is 20.3 Å². The minimum atomic E-state index is -0.843. The molecule has 1 heterocycles. The summed E-state index contributed by atoms with van der Waals surface area (Å²) in [5.41, 5.74) is 1.54. The number of rotatable bonds is 6. The number of ether oxygens (including phenoxy) is 2. The lowest BCUT2D eigenvalue weighted by Crippen LogP contribution is -2.47. The van der Waals surface area contributed by atoms with Gasteiger partial charge in [0.15, 0.2) is 0 Å². The van der Waals surface area contributed by atoms with Crippen molar-refractivity contribution in [1.82, 2.24) is 4.90 Å². The molecule has 150 valence electrons. The number of carboxylic acids is 1. The van der Waals surface area contributed by atoms with Crippen molar-refractivity contribution < 1.29 is 19.4 Å². The SMILES string of the molecule is COc1ccc(OC)c(C(c2cccc(Cl)c2Cl)N2CCCCC2C(=O)O)c1. The number of carboxylic acid groups (broad SMARTS) is 1. The maximum absolute atomic E-state index is 12.0. The van der Waals surface area contributed by atoms with Gasteiger partial charge in [-0.25, -0.2) is 0 Å². The van der Waals surface area contributed by atoms with Crippen LogP contribution in [0.5, 0.6) is 11.5 Å². The minimum absolute atomic E-state index is 0.411. The topological polar surface area (TPSA) is 59.0 Å². The fraction of sp³-hybridized carbons (Fsp3) is 0.381. The summed E-state index contributed by atoms with van der Waals surface area (Å²) in [7, 11) is 3.18. The van der Waals surface area contributed by atoms with Crippen molar-refractivity contribution in [2.45, 2.75) is 31.3 Å². The van der Waals surface area contributed by atoms with Crippen molar-refractivity contribution >= 4 is 29.2 Å². The van der Waals surface area contributed by atoms with Gasteiger partial charge in [-0.3, -0.25) is 9.69 Å². The summed E-state index contributed by atoms with van der Waals surface area (Å²) in [5, 5.41) is 10.7. The molecule has 1 saturated heterocycles. The first-order valence-electron chi connectivity index (χ1n) is 9.12. The fourth-order valence-electron chi connectivity index (χ4n) is 3.84. The number of halogens is 2. The van der Waals surface area contributed by atoms with Gasteiger partial charge in [0.25, 0.3) is 0 Å². The van der Waals surface area contributed by atoms with Crippen LogP contribution < -0.4 is 9.47 Å². The van der Waals surface area contributed by atoms with E-state index in [1.807, 2.05) is 35.2 Å². The van der Waals surface area contributed by atoms with Crippen molar-refractivity contribution in [1.29, 1.82) is 0 Å². The molecule has 2 atom stereocenters. The minimum Gasteiger partial charge on any atom is -0.497 e. The molecule has 1 N–H and O–H groups in total. The van der Waals surface area contributed by atoms with Gasteiger partial charge < -0.3 is 14.6 Å². The molecule has 2 unspecified atom stereocenters. The molecular formula is C21H23Cl2NO4. The van der Waals surface area contributed by atoms with Crippen molar-refractivity contribution in [2.75, 3.05) is 20.8 Å². The van der Waals surface area contributed by atoms with Crippen LogP contribution in [0.1, 0.15) is 36.4 Å². The van der Waals surface area contributed by atoms with Gasteiger partial charge in [-0.05, 0) is 49.2 Å². The fourth-order valence-corrected chi connectivity index (χ4v) is 4.25. The second-order valence-electron chi connectivity index (χ2n) is 6.74. The van der Waals surface area contributed by atoms with Crippen molar-refractivity contribution in [3.8, 4) is 11.5 Å². The van der Waals surface area contributed by atoms with Gasteiger partial charge in [-0.2, -0.15) is 0 Å². The number of benzene rings is 2. The number of methoxy groups -OCH3 is 2. The molecule has 0 aromatic heterocycles. The van der Waals surface area contributed by atoms with Crippen LogP contribution in [0, 0.1) is 0 Å². The van der Waals surface area contributed by atoms with Crippen LogP contribution in [-0.4, -0.2) is 42.8 Å². The third kappa shape index (κ3) is 4.07. The maximum atomic E-state index is 12.0. The Hall–Kier alpha value is -1.95. The van der Waals surface area contributed by atoms with Gasteiger partial charge in [-0.1, -0.05) is 41.8 Å². The molecule has 5 nitrogen and oxygen atoms in total. The highest BCUT2D eigenvalue weighted by atomic mass is 35.5. The lowest BCUT2D eigenvalue weighted by molar-refractivity contribution is -0.145. The second-order valence-corrected chi connectivity index (χ2v) is 7.53. The average molecular weight is 424 g/mol. The number of hydrogen-bond acceptors (Lipinski definition) is 4. The first-order valence-corrected chi connectivity index (χ1v) is 9.88. The molecule has 0 aliphatic carbocycles. The number of piperidine rings is 1. The Morgan fingerprint density at radius 2 is 1.93 bits per heavy atom. The summed E-state index contributed by atoms with van der Waals surface area (Å²) < 4.78 is 11.0. The van der Waals surface area contributed by atoms with Gasteiger partial charge in [0, 0.05) is 5.56 Å². The van der Waals surface area contributed by atoms with E-state index in [9.17, 15) is 9.90 Å². The monoisotopic (exact) mass is 423 g/mol. The van der Waals surface area contributed by atoms with Crippen LogP contribution in [0.4, 0.5) is 0 Å². The Labute approximate surface area is 174 Å². The molecule has 2 aromatic rings. The number of likely N-dealkylation sites (tertiary alicyclic amines) is 1. The smallest absolute Gasteiger partial charge is 0.320 e. The molecule has 1 aliphatic heterocycles. The average Bonchev–Trinajstić information content (AvgIpc) is 2.71. The van der Waals surface area contributed by atoms with E-state index in [1.165, 1.54) is 0 Å². The Kier molecular flexibility index (Phi) is 6.70. The molecule has 28 heavy (non-hydrogen) atoms. The maximum Gasteiger partial charge on any atom is 0.320 e. The van der Waals surface area contributed by atoms with Gasteiger partial charge in [0.2, 0.25) is 0 Å². The van der Waals surface area contributed by atoms with Gasteiger partial charge in [0.05, 0.1) is 30.3 Å². The number of hydrogen-bond donors (Lipinski definition) is 1. The number of aliphatic carboxylic acids is 1. The highest BCUT2D eigenvalue weighted by Crippen LogP contribution is 2.43. The van der Waals surface area contributed by atoms with Crippen molar-refractivity contribution in [3.05, 3.63) is 57.6 Å². The zero-order valence-corrected chi connectivity index (χ0v) is 17.3. The molecule has 2 aromatic carbocycles. The van der Waals surface area contributed by atoms with Crippen LogP contribution in [-0.2, 0) is 4.79 Å². The highest BCUT2D eigenvalue weighted by Gasteiger charge is 2.37. The number of nitrogens with zero attached hydrogens (tertiary/aromatic N) is 1. The molecule has 0 radical (unpaired) electrons. The first kappa shape index (κ1) is 20.8. The molecule has 0 bridgehead atoms. The van der Waals surface area contributed by atoms with Crippen LogP contribution in [0.3, 0.4) is 0 Å². The Bertz CT molecular complexity index is 858. The van der Waals surface area contributed by atoms with Crippen LogP contribution in [0.2, 0.25) is 10.0 Å². The lowest BCUT2D eigenvalue weighted by atomic mass is 9.91. The van der Waals surface area contributed by atoms with Crippen LogP contribution in [0.15, 0.2) is 36.4 Å². The molecule has 0 amide bonds. The van der Waals surface area contributed by atoms with E-state index in [-0.39, 0.29) is 0 Å². The zero-order chi connectivity index (χ0) is 20.3. The summed E-state index contributed by atoms with van der Waals surface area (Å²) in [5.74, 6) is 0.448. The van der Waals surface area contributed by atoms with E-state index in [0.717, 1.165) is 24.0 Å². The van der Waals surface area contributed by atoms with Gasteiger partial charge in [-0.15, -0.1) is 0 Å².